The van der Waals surface area contributed by atoms with Gasteiger partial charge < -0.3 is 10.6 Å². The largest absolute Gasteiger partial charge is 0.348 e. The summed E-state index contributed by atoms with van der Waals surface area (Å²) in [5.41, 5.74) is 1.32. The van der Waals surface area contributed by atoms with Crippen LogP contribution in [0.5, 0.6) is 0 Å². The molecule has 6 nitrogen and oxygen atoms in total. The Kier molecular flexibility index (Phi) is 4.75. The first-order valence-electron chi connectivity index (χ1n) is 7.44. The van der Waals surface area contributed by atoms with Crippen molar-refractivity contribution >= 4 is 5.91 Å². The average Bonchev–Trinajstić information content (AvgIpc) is 2.81. The Labute approximate surface area is 120 Å². The molecule has 1 atom stereocenters. The van der Waals surface area contributed by atoms with Gasteiger partial charge in [-0.3, -0.25) is 4.79 Å². The van der Waals surface area contributed by atoms with Crippen molar-refractivity contribution in [1.29, 1.82) is 0 Å². The molecule has 1 fully saturated rings. The monoisotopic (exact) mass is 279 g/mol. The number of carbonyl (C=O) groups excluding carboxylic acids is 1. The van der Waals surface area contributed by atoms with Crippen LogP contribution in [0, 0.1) is 12.8 Å². The molecule has 2 N–H and O–H groups in total. The van der Waals surface area contributed by atoms with Crippen LogP contribution in [-0.2, 0) is 0 Å². The van der Waals surface area contributed by atoms with E-state index in [1.165, 1.54) is 0 Å². The Morgan fingerprint density at radius 2 is 2.00 bits per heavy atom. The van der Waals surface area contributed by atoms with Gasteiger partial charge in [0.15, 0.2) is 5.69 Å². The van der Waals surface area contributed by atoms with Crippen LogP contribution in [0.4, 0.5) is 0 Å². The predicted octanol–water partition coefficient (Wildman–Crippen LogP) is 1.29. The summed E-state index contributed by atoms with van der Waals surface area (Å²) in [5, 5.41) is 14.6. The van der Waals surface area contributed by atoms with Crippen molar-refractivity contribution in [2.45, 2.75) is 52.6 Å². The summed E-state index contributed by atoms with van der Waals surface area (Å²) < 4.78 is 1.91. The van der Waals surface area contributed by atoms with Crippen molar-refractivity contribution < 1.29 is 4.79 Å². The Balaban J connectivity index is 2.09. The minimum atomic E-state index is -0.121. The zero-order valence-electron chi connectivity index (χ0n) is 12.8. The summed E-state index contributed by atoms with van der Waals surface area (Å²) in [5.74, 6) is 0.280. The average molecular weight is 279 g/mol. The van der Waals surface area contributed by atoms with Crippen LogP contribution in [-0.4, -0.2) is 40.0 Å². The lowest BCUT2D eigenvalue weighted by Gasteiger charge is -2.23. The molecule has 2 rings (SSSR count). The Morgan fingerprint density at radius 3 is 2.60 bits per heavy atom. The molecule has 0 spiro atoms. The quantitative estimate of drug-likeness (QED) is 0.871. The van der Waals surface area contributed by atoms with E-state index in [9.17, 15) is 4.79 Å². The topological polar surface area (TPSA) is 71.8 Å². The fourth-order valence-corrected chi connectivity index (χ4v) is 2.39. The third kappa shape index (κ3) is 3.17. The summed E-state index contributed by atoms with van der Waals surface area (Å²) >= 11 is 0. The minimum Gasteiger partial charge on any atom is -0.348 e. The van der Waals surface area contributed by atoms with E-state index in [2.05, 4.69) is 34.8 Å². The highest BCUT2D eigenvalue weighted by atomic mass is 16.2. The standard InChI is InChI=1S/C14H25N5O/c1-9(2)10(3)16-14(20)13-11(4)19(18-17-13)12-5-7-15-8-6-12/h9-10,12,15H,5-8H2,1-4H3,(H,16,20). The number of nitrogens with one attached hydrogen (secondary N) is 2. The molecule has 112 valence electrons. The van der Waals surface area contributed by atoms with Crippen LogP contribution >= 0.6 is 0 Å². The molecular weight excluding hydrogens is 254 g/mol. The number of aromatic nitrogens is 3. The third-order valence-electron chi connectivity index (χ3n) is 4.16. The first kappa shape index (κ1) is 15.0. The van der Waals surface area contributed by atoms with E-state index in [4.69, 9.17) is 0 Å². The zero-order valence-corrected chi connectivity index (χ0v) is 12.8. The fraction of sp³-hybridized carbons (Fsp3) is 0.786. The second-order valence-corrected chi connectivity index (χ2v) is 5.96. The second-order valence-electron chi connectivity index (χ2n) is 5.96. The molecule has 1 aliphatic rings. The molecule has 1 unspecified atom stereocenters. The first-order valence-corrected chi connectivity index (χ1v) is 7.44. The van der Waals surface area contributed by atoms with Crippen molar-refractivity contribution in [3.05, 3.63) is 11.4 Å². The summed E-state index contributed by atoms with van der Waals surface area (Å²) in [6.07, 6.45) is 2.07. The van der Waals surface area contributed by atoms with Gasteiger partial charge in [0.25, 0.3) is 5.91 Å². The molecule has 0 bridgehead atoms. The smallest absolute Gasteiger partial charge is 0.273 e. The zero-order chi connectivity index (χ0) is 14.7. The van der Waals surface area contributed by atoms with Crippen molar-refractivity contribution in [1.82, 2.24) is 25.6 Å². The molecule has 0 radical (unpaired) electrons. The highest BCUT2D eigenvalue weighted by molar-refractivity contribution is 5.93. The van der Waals surface area contributed by atoms with E-state index in [1.807, 2.05) is 18.5 Å². The molecule has 1 saturated heterocycles. The van der Waals surface area contributed by atoms with Crippen molar-refractivity contribution in [2.75, 3.05) is 13.1 Å². The van der Waals surface area contributed by atoms with Gasteiger partial charge in [0.1, 0.15) is 0 Å². The predicted molar refractivity (Wildman–Crippen MR) is 77.7 cm³/mol. The summed E-state index contributed by atoms with van der Waals surface area (Å²) in [6, 6.07) is 0.485. The summed E-state index contributed by atoms with van der Waals surface area (Å²) in [6.45, 7) is 10.1. The normalized spacial score (nSPS) is 18.2. The van der Waals surface area contributed by atoms with Gasteiger partial charge in [-0.15, -0.1) is 5.10 Å². The maximum atomic E-state index is 12.2. The van der Waals surface area contributed by atoms with Crippen molar-refractivity contribution in [3.63, 3.8) is 0 Å². The van der Waals surface area contributed by atoms with E-state index in [1.54, 1.807) is 0 Å². The molecule has 2 heterocycles. The van der Waals surface area contributed by atoms with E-state index >= 15 is 0 Å². The molecule has 0 saturated carbocycles. The Morgan fingerprint density at radius 1 is 1.35 bits per heavy atom. The number of hydrogen-bond donors (Lipinski definition) is 2. The molecule has 1 aromatic rings. The van der Waals surface area contributed by atoms with Crippen LogP contribution in [0.3, 0.4) is 0 Å². The molecule has 1 aliphatic heterocycles. The van der Waals surface area contributed by atoms with Crippen LogP contribution in [0.25, 0.3) is 0 Å². The van der Waals surface area contributed by atoms with Crippen molar-refractivity contribution in [3.8, 4) is 0 Å². The van der Waals surface area contributed by atoms with E-state index < -0.39 is 0 Å². The summed E-state index contributed by atoms with van der Waals surface area (Å²) in [4.78, 5) is 12.2. The van der Waals surface area contributed by atoms with E-state index in [-0.39, 0.29) is 11.9 Å². The van der Waals surface area contributed by atoms with Gasteiger partial charge in [-0.05, 0) is 45.7 Å². The van der Waals surface area contributed by atoms with Gasteiger partial charge in [-0.2, -0.15) is 0 Å². The third-order valence-corrected chi connectivity index (χ3v) is 4.16. The van der Waals surface area contributed by atoms with Gasteiger partial charge in [0.05, 0.1) is 11.7 Å². The highest BCUT2D eigenvalue weighted by Crippen LogP contribution is 2.20. The number of carbonyl (C=O) groups is 1. The van der Waals surface area contributed by atoms with Gasteiger partial charge in [-0.1, -0.05) is 19.1 Å². The summed E-state index contributed by atoms with van der Waals surface area (Å²) in [7, 11) is 0. The van der Waals surface area contributed by atoms with Gasteiger partial charge in [0, 0.05) is 6.04 Å². The molecule has 0 aromatic carbocycles. The fourth-order valence-electron chi connectivity index (χ4n) is 2.39. The van der Waals surface area contributed by atoms with Crippen LogP contribution in [0.2, 0.25) is 0 Å². The SMILES string of the molecule is Cc1c(C(=O)NC(C)C(C)C)nnn1C1CCNCC1. The lowest BCUT2D eigenvalue weighted by molar-refractivity contribution is 0.0924. The Bertz CT molecular complexity index is 462. The Hall–Kier alpha value is -1.43. The highest BCUT2D eigenvalue weighted by Gasteiger charge is 2.23. The number of nitrogens with zero attached hydrogens (tertiary/aromatic N) is 3. The first-order chi connectivity index (χ1) is 9.50. The molecule has 1 amide bonds. The van der Waals surface area contributed by atoms with Gasteiger partial charge in [-0.25, -0.2) is 4.68 Å². The van der Waals surface area contributed by atoms with Gasteiger partial charge in [0.2, 0.25) is 0 Å². The van der Waals surface area contributed by atoms with Crippen LogP contribution in [0.1, 0.15) is 55.8 Å². The molecular formula is C14H25N5O. The lowest BCUT2D eigenvalue weighted by Crippen LogP contribution is -2.36. The van der Waals surface area contributed by atoms with Gasteiger partial charge >= 0.3 is 0 Å². The van der Waals surface area contributed by atoms with E-state index in [0.717, 1.165) is 31.6 Å². The molecule has 20 heavy (non-hydrogen) atoms. The maximum absolute atomic E-state index is 12.2. The van der Waals surface area contributed by atoms with Crippen molar-refractivity contribution in [2.24, 2.45) is 5.92 Å². The minimum absolute atomic E-state index is 0.121. The molecule has 0 aliphatic carbocycles. The molecule has 6 heteroatoms. The maximum Gasteiger partial charge on any atom is 0.273 e. The second kappa shape index (κ2) is 6.35. The number of hydrogen-bond acceptors (Lipinski definition) is 4. The number of rotatable bonds is 4. The number of piperidine rings is 1. The molecule has 1 aromatic heterocycles. The number of amides is 1. The van der Waals surface area contributed by atoms with Crippen LogP contribution in [0.15, 0.2) is 0 Å². The van der Waals surface area contributed by atoms with E-state index in [0.29, 0.717) is 17.7 Å². The lowest BCUT2D eigenvalue weighted by atomic mass is 10.1. The van der Waals surface area contributed by atoms with Crippen LogP contribution < -0.4 is 10.6 Å².